The number of benzene rings is 2. The molecule has 2 aromatic rings. The Balaban J connectivity index is 1.29. The molecule has 8 heteroatoms. The van der Waals surface area contributed by atoms with E-state index < -0.39 is 0 Å². The topological polar surface area (TPSA) is 54.0 Å². The zero-order chi connectivity index (χ0) is 20.2. The molecule has 0 spiro atoms. The Morgan fingerprint density at radius 2 is 1.66 bits per heavy atom. The maximum absolute atomic E-state index is 12.5. The predicted octanol–water partition coefficient (Wildman–Crippen LogP) is 3.87. The van der Waals surface area contributed by atoms with Gasteiger partial charge in [-0.1, -0.05) is 35.3 Å². The summed E-state index contributed by atoms with van der Waals surface area (Å²) in [5.41, 5.74) is 1.79. The molecule has 0 aliphatic carbocycles. The Morgan fingerprint density at radius 3 is 2.45 bits per heavy atom. The maximum atomic E-state index is 12.5. The molecule has 2 aliphatic heterocycles. The molecule has 1 N–H and O–H groups in total. The number of nitrogens with zero attached hydrogens (tertiary/aromatic N) is 2. The number of halogens is 2. The number of hydrogen-bond donors (Lipinski definition) is 1. The van der Waals surface area contributed by atoms with Crippen LogP contribution in [0.4, 0.5) is 5.69 Å². The lowest BCUT2D eigenvalue weighted by atomic mass is 10.2. The van der Waals surface area contributed by atoms with Crippen LogP contribution in [-0.2, 0) is 11.3 Å². The first-order chi connectivity index (χ1) is 14.1. The minimum atomic E-state index is -0.0862. The van der Waals surface area contributed by atoms with Gasteiger partial charge in [0.1, 0.15) is 0 Å². The van der Waals surface area contributed by atoms with Crippen molar-refractivity contribution in [2.45, 2.75) is 13.0 Å². The fourth-order valence-electron chi connectivity index (χ4n) is 3.59. The zero-order valence-corrected chi connectivity index (χ0v) is 17.5. The molecule has 2 aromatic carbocycles. The number of fused-ring (bicyclic) bond motifs is 1. The summed E-state index contributed by atoms with van der Waals surface area (Å²) in [7, 11) is 0. The molecule has 0 bridgehead atoms. The molecule has 1 fully saturated rings. The second kappa shape index (κ2) is 9.22. The monoisotopic (exact) mass is 435 g/mol. The zero-order valence-electron chi connectivity index (χ0n) is 16.0. The van der Waals surface area contributed by atoms with Gasteiger partial charge in [0.15, 0.2) is 11.5 Å². The lowest BCUT2D eigenvalue weighted by Crippen LogP contribution is -2.36. The third-order valence-electron chi connectivity index (χ3n) is 5.10. The molecule has 6 nitrogen and oxygen atoms in total. The summed E-state index contributed by atoms with van der Waals surface area (Å²) in [4.78, 5) is 17.1. The third kappa shape index (κ3) is 5.34. The molecule has 0 aromatic heterocycles. The highest BCUT2D eigenvalue weighted by molar-refractivity contribution is 6.34. The highest BCUT2D eigenvalue weighted by Crippen LogP contribution is 2.39. The van der Waals surface area contributed by atoms with Gasteiger partial charge < -0.3 is 14.8 Å². The fourth-order valence-corrected chi connectivity index (χ4v) is 3.92. The highest BCUT2D eigenvalue weighted by Gasteiger charge is 2.20. The highest BCUT2D eigenvalue weighted by atomic mass is 35.5. The fraction of sp³-hybridized carbons (Fsp3) is 0.381. The van der Waals surface area contributed by atoms with Gasteiger partial charge in [0.2, 0.25) is 12.7 Å². The van der Waals surface area contributed by atoms with Gasteiger partial charge in [0, 0.05) is 36.8 Å². The number of rotatable bonds is 5. The van der Waals surface area contributed by atoms with Crippen LogP contribution in [0.2, 0.25) is 10.0 Å². The predicted molar refractivity (Wildman–Crippen MR) is 114 cm³/mol. The van der Waals surface area contributed by atoms with E-state index in [0.29, 0.717) is 28.8 Å². The number of anilines is 1. The van der Waals surface area contributed by atoms with E-state index in [1.54, 1.807) is 12.1 Å². The molecule has 0 atom stereocenters. The third-order valence-corrected chi connectivity index (χ3v) is 5.67. The van der Waals surface area contributed by atoms with Gasteiger partial charge in [-0.3, -0.25) is 14.6 Å². The van der Waals surface area contributed by atoms with Gasteiger partial charge in [-0.05, 0) is 37.2 Å². The van der Waals surface area contributed by atoms with E-state index in [0.717, 1.165) is 44.2 Å². The lowest BCUT2D eigenvalue weighted by molar-refractivity contribution is -0.117. The van der Waals surface area contributed by atoms with E-state index in [9.17, 15) is 4.79 Å². The first-order valence-corrected chi connectivity index (χ1v) is 10.4. The van der Waals surface area contributed by atoms with Crippen LogP contribution in [0.15, 0.2) is 36.4 Å². The second-order valence-corrected chi connectivity index (χ2v) is 8.11. The van der Waals surface area contributed by atoms with Crippen molar-refractivity contribution in [3.8, 4) is 11.5 Å². The van der Waals surface area contributed by atoms with Crippen LogP contribution in [-0.4, -0.2) is 55.2 Å². The molecule has 2 aliphatic rings. The largest absolute Gasteiger partial charge is 0.454 e. The number of nitrogens with one attached hydrogen (secondary N) is 1. The van der Waals surface area contributed by atoms with E-state index >= 15 is 0 Å². The van der Waals surface area contributed by atoms with Gasteiger partial charge in [-0.15, -0.1) is 0 Å². The molecule has 0 unspecified atom stereocenters. The van der Waals surface area contributed by atoms with Crippen LogP contribution >= 0.6 is 23.2 Å². The van der Waals surface area contributed by atoms with Crippen molar-refractivity contribution in [2.24, 2.45) is 0 Å². The van der Waals surface area contributed by atoms with Gasteiger partial charge in [0.05, 0.1) is 17.3 Å². The number of ether oxygens (including phenoxy) is 2. The second-order valence-electron chi connectivity index (χ2n) is 7.27. The summed E-state index contributed by atoms with van der Waals surface area (Å²) in [5, 5.41) is 4.08. The quantitative estimate of drug-likeness (QED) is 0.772. The molecule has 0 radical (unpaired) electrons. The summed E-state index contributed by atoms with van der Waals surface area (Å²) in [6.45, 7) is 5.05. The van der Waals surface area contributed by atoms with Crippen molar-refractivity contribution in [3.05, 3.63) is 52.0 Å². The van der Waals surface area contributed by atoms with Gasteiger partial charge >= 0.3 is 0 Å². The lowest BCUT2D eigenvalue weighted by Gasteiger charge is -2.21. The SMILES string of the molecule is O=C(CN1CCCN(Cc2ccc(Cl)cc2)CC1)Nc1cc2c(cc1Cl)OCO2. The van der Waals surface area contributed by atoms with Crippen molar-refractivity contribution < 1.29 is 14.3 Å². The Kier molecular flexibility index (Phi) is 6.45. The normalized spacial score (nSPS) is 17.2. The minimum Gasteiger partial charge on any atom is -0.454 e. The average Bonchev–Trinajstić information content (AvgIpc) is 3.03. The van der Waals surface area contributed by atoms with Crippen molar-refractivity contribution in [2.75, 3.05) is 44.8 Å². The molecule has 29 heavy (non-hydrogen) atoms. The van der Waals surface area contributed by atoms with Gasteiger partial charge in [-0.25, -0.2) is 0 Å². The summed E-state index contributed by atoms with van der Waals surface area (Å²) < 4.78 is 10.6. The Morgan fingerprint density at radius 1 is 0.966 bits per heavy atom. The van der Waals surface area contributed by atoms with Crippen molar-refractivity contribution in [1.82, 2.24) is 9.80 Å². The molecule has 2 heterocycles. The van der Waals surface area contributed by atoms with Gasteiger partial charge in [-0.2, -0.15) is 0 Å². The van der Waals surface area contributed by atoms with E-state index in [2.05, 4.69) is 27.2 Å². The van der Waals surface area contributed by atoms with Crippen LogP contribution in [0, 0.1) is 0 Å². The first kappa shape index (κ1) is 20.3. The summed E-state index contributed by atoms with van der Waals surface area (Å²) in [6.07, 6.45) is 1.02. The van der Waals surface area contributed by atoms with Crippen LogP contribution < -0.4 is 14.8 Å². The van der Waals surface area contributed by atoms with Crippen LogP contribution in [0.25, 0.3) is 0 Å². The van der Waals surface area contributed by atoms with Crippen molar-refractivity contribution in [1.29, 1.82) is 0 Å². The Hall–Kier alpha value is -1.99. The van der Waals surface area contributed by atoms with Crippen molar-refractivity contribution >= 4 is 34.8 Å². The molecular formula is C21H23Cl2N3O3. The van der Waals surface area contributed by atoms with E-state index in [-0.39, 0.29) is 12.7 Å². The molecular weight excluding hydrogens is 413 g/mol. The first-order valence-electron chi connectivity index (χ1n) is 9.65. The van der Waals surface area contributed by atoms with Crippen LogP contribution in [0.3, 0.4) is 0 Å². The summed E-state index contributed by atoms with van der Waals surface area (Å²) >= 11 is 12.2. The van der Waals surface area contributed by atoms with E-state index in [1.165, 1.54) is 5.56 Å². The average molecular weight is 436 g/mol. The summed E-state index contributed by atoms with van der Waals surface area (Å²) in [6, 6.07) is 11.3. The molecule has 4 rings (SSSR count). The molecule has 0 saturated carbocycles. The number of carbonyl (C=O) groups excluding carboxylic acids is 1. The van der Waals surface area contributed by atoms with E-state index in [4.69, 9.17) is 32.7 Å². The van der Waals surface area contributed by atoms with Gasteiger partial charge in [0.25, 0.3) is 0 Å². The van der Waals surface area contributed by atoms with Crippen molar-refractivity contribution in [3.63, 3.8) is 0 Å². The molecule has 1 amide bonds. The maximum Gasteiger partial charge on any atom is 0.238 e. The number of carbonyl (C=O) groups is 1. The molecule has 154 valence electrons. The van der Waals surface area contributed by atoms with Crippen LogP contribution in [0.1, 0.15) is 12.0 Å². The number of amides is 1. The smallest absolute Gasteiger partial charge is 0.238 e. The Labute approximate surface area is 180 Å². The Bertz CT molecular complexity index is 876. The summed E-state index contributed by atoms with van der Waals surface area (Å²) in [5.74, 6) is 1.11. The molecule has 1 saturated heterocycles. The van der Waals surface area contributed by atoms with Crippen LogP contribution in [0.5, 0.6) is 11.5 Å². The minimum absolute atomic E-state index is 0.0862. The number of hydrogen-bond acceptors (Lipinski definition) is 5. The van der Waals surface area contributed by atoms with E-state index in [1.807, 2.05) is 12.1 Å². The standard InChI is InChI=1S/C21H23Cl2N3O3/c22-16-4-2-15(3-5-16)12-25-6-1-7-26(9-8-25)13-21(27)24-18-11-20-19(10-17(18)23)28-14-29-20/h2-5,10-11H,1,6-9,12-14H2,(H,24,27).